The quantitative estimate of drug-likeness (QED) is 0.603. The Morgan fingerprint density at radius 3 is 2.69 bits per heavy atom. The van der Waals surface area contributed by atoms with Crippen molar-refractivity contribution < 1.29 is 9.90 Å². The second kappa shape index (κ2) is 8.30. The third-order valence-electron chi connectivity index (χ3n) is 2.09. The fourth-order valence-electron chi connectivity index (χ4n) is 1.44. The van der Waals surface area contributed by atoms with Gasteiger partial charge < -0.3 is 10.4 Å². The highest BCUT2D eigenvalue weighted by Crippen LogP contribution is 1.99. The maximum atomic E-state index is 11.4. The van der Waals surface area contributed by atoms with E-state index in [0.717, 1.165) is 6.42 Å². The number of hydrogen-bond donors (Lipinski definition) is 2. The van der Waals surface area contributed by atoms with Gasteiger partial charge in [0.05, 0.1) is 12.6 Å². The SMILES string of the molecule is C=CCCC(O)CN(C)CC(=O)NC(C)C. The van der Waals surface area contributed by atoms with Gasteiger partial charge in [0.25, 0.3) is 0 Å². The highest BCUT2D eigenvalue weighted by Gasteiger charge is 2.11. The average molecular weight is 228 g/mol. The van der Waals surface area contributed by atoms with Crippen LogP contribution in [0.2, 0.25) is 0 Å². The van der Waals surface area contributed by atoms with Crippen LogP contribution in [0.4, 0.5) is 0 Å². The van der Waals surface area contributed by atoms with Crippen LogP contribution in [0.25, 0.3) is 0 Å². The number of carbonyl (C=O) groups is 1. The Kier molecular flexibility index (Phi) is 7.85. The fraction of sp³-hybridized carbons (Fsp3) is 0.750. The van der Waals surface area contributed by atoms with Gasteiger partial charge in [-0.15, -0.1) is 6.58 Å². The summed E-state index contributed by atoms with van der Waals surface area (Å²) in [5.74, 6) is -0.00609. The van der Waals surface area contributed by atoms with Gasteiger partial charge in [0.15, 0.2) is 0 Å². The molecule has 0 radical (unpaired) electrons. The first-order chi connectivity index (χ1) is 7.45. The Balaban J connectivity index is 3.75. The van der Waals surface area contributed by atoms with E-state index in [0.29, 0.717) is 19.5 Å². The van der Waals surface area contributed by atoms with E-state index in [2.05, 4.69) is 11.9 Å². The summed E-state index contributed by atoms with van der Waals surface area (Å²) in [6, 6.07) is 0.159. The van der Waals surface area contributed by atoms with E-state index in [1.165, 1.54) is 0 Å². The summed E-state index contributed by atoms with van der Waals surface area (Å²) >= 11 is 0. The van der Waals surface area contributed by atoms with E-state index >= 15 is 0 Å². The third kappa shape index (κ3) is 8.44. The minimum absolute atomic E-state index is 0.00609. The Morgan fingerprint density at radius 2 is 2.19 bits per heavy atom. The van der Waals surface area contributed by atoms with Gasteiger partial charge in [-0.25, -0.2) is 0 Å². The Labute approximate surface area is 98.3 Å². The summed E-state index contributed by atoms with van der Waals surface area (Å²) < 4.78 is 0. The molecule has 0 aromatic heterocycles. The molecule has 4 heteroatoms. The smallest absolute Gasteiger partial charge is 0.234 e. The van der Waals surface area contributed by atoms with E-state index < -0.39 is 6.10 Å². The molecule has 0 aromatic carbocycles. The van der Waals surface area contributed by atoms with Crippen molar-refractivity contribution >= 4 is 5.91 Å². The normalized spacial score (nSPS) is 12.9. The standard InChI is InChI=1S/C12H24N2O2/c1-5-6-7-11(15)8-14(4)9-12(16)13-10(2)3/h5,10-11,15H,1,6-9H2,2-4H3,(H,13,16). The lowest BCUT2D eigenvalue weighted by molar-refractivity contribution is -0.122. The van der Waals surface area contributed by atoms with Gasteiger partial charge in [-0.3, -0.25) is 9.69 Å². The zero-order valence-corrected chi connectivity index (χ0v) is 10.6. The lowest BCUT2D eigenvalue weighted by Gasteiger charge is -2.20. The Bertz CT molecular complexity index is 217. The first-order valence-corrected chi connectivity index (χ1v) is 5.72. The minimum atomic E-state index is -0.394. The van der Waals surface area contributed by atoms with Crippen molar-refractivity contribution in [1.29, 1.82) is 0 Å². The molecule has 0 aromatic rings. The molecule has 0 aliphatic heterocycles. The molecule has 0 spiro atoms. The number of hydrogen-bond acceptors (Lipinski definition) is 3. The third-order valence-corrected chi connectivity index (χ3v) is 2.09. The molecule has 0 aliphatic rings. The summed E-state index contributed by atoms with van der Waals surface area (Å²) in [7, 11) is 1.83. The van der Waals surface area contributed by atoms with Crippen LogP contribution in [-0.2, 0) is 4.79 Å². The number of allylic oxidation sites excluding steroid dienone is 1. The van der Waals surface area contributed by atoms with Crippen LogP contribution in [0.3, 0.4) is 0 Å². The summed E-state index contributed by atoms with van der Waals surface area (Å²) in [6.07, 6.45) is 2.89. The van der Waals surface area contributed by atoms with E-state index in [1.807, 2.05) is 25.8 Å². The van der Waals surface area contributed by atoms with Crippen LogP contribution < -0.4 is 5.32 Å². The molecule has 0 saturated carbocycles. The number of aliphatic hydroxyl groups excluding tert-OH is 1. The minimum Gasteiger partial charge on any atom is -0.392 e. The van der Waals surface area contributed by atoms with Gasteiger partial charge in [0.1, 0.15) is 0 Å². The topological polar surface area (TPSA) is 52.6 Å². The number of rotatable bonds is 8. The molecular weight excluding hydrogens is 204 g/mol. The van der Waals surface area contributed by atoms with Crippen LogP contribution in [0.15, 0.2) is 12.7 Å². The maximum Gasteiger partial charge on any atom is 0.234 e. The van der Waals surface area contributed by atoms with Crippen LogP contribution in [0, 0.1) is 0 Å². The van der Waals surface area contributed by atoms with Crippen LogP contribution in [-0.4, -0.2) is 48.2 Å². The van der Waals surface area contributed by atoms with Gasteiger partial charge in [0, 0.05) is 12.6 Å². The number of nitrogens with zero attached hydrogens (tertiary/aromatic N) is 1. The highest BCUT2D eigenvalue weighted by atomic mass is 16.3. The van der Waals surface area contributed by atoms with Crippen LogP contribution in [0.5, 0.6) is 0 Å². The molecule has 1 unspecified atom stereocenters. The highest BCUT2D eigenvalue weighted by molar-refractivity contribution is 5.78. The molecule has 4 nitrogen and oxygen atoms in total. The summed E-state index contributed by atoms with van der Waals surface area (Å²) in [5.41, 5.74) is 0. The average Bonchev–Trinajstić information content (AvgIpc) is 2.12. The fourth-order valence-corrected chi connectivity index (χ4v) is 1.44. The molecule has 94 valence electrons. The van der Waals surface area contributed by atoms with Crippen molar-refractivity contribution in [3.05, 3.63) is 12.7 Å². The number of carbonyl (C=O) groups excluding carboxylic acids is 1. The van der Waals surface area contributed by atoms with Gasteiger partial charge in [-0.2, -0.15) is 0 Å². The van der Waals surface area contributed by atoms with E-state index in [-0.39, 0.29) is 11.9 Å². The van der Waals surface area contributed by atoms with Crippen LogP contribution in [0.1, 0.15) is 26.7 Å². The largest absolute Gasteiger partial charge is 0.392 e. The van der Waals surface area contributed by atoms with Crippen molar-refractivity contribution in [1.82, 2.24) is 10.2 Å². The lowest BCUT2D eigenvalue weighted by Crippen LogP contribution is -2.40. The predicted octanol–water partition coefficient (Wildman–Crippen LogP) is 0.770. The molecule has 0 aliphatic carbocycles. The van der Waals surface area contributed by atoms with Gasteiger partial charge in [-0.05, 0) is 33.7 Å². The molecule has 1 amide bonds. The lowest BCUT2D eigenvalue weighted by atomic mass is 10.2. The number of amides is 1. The zero-order chi connectivity index (χ0) is 12.6. The molecule has 0 bridgehead atoms. The Morgan fingerprint density at radius 1 is 1.56 bits per heavy atom. The van der Waals surface area contributed by atoms with E-state index in [1.54, 1.807) is 6.08 Å². The van der Waals surface area contributed by atoms with Crippen LogP contribution >= 0.6 is 0 Å². The first-order valence-electron chi connectivity index (χ1n) is 5.72. The van der Waals surface area contributed by atoms with Gasteiger partial charge in [-0.1, -0.05) is 6.08 Å². The number of aliphatic hydroxyl groups is 1. The molecule has 0 rings (SSSR count). The molecule has 1 atom stereocenters. The van der Waals surface area contributed by atoms with Crippen molar-refractivity contribution in [3.8, 4) is 0 Å². The molecule has 0 heterocycles. The zero-order valence-electron chi connectivity index (χ0n) is 10.6. The Hall–Kier alpha value is -0.870. The van der Waals surface area contributed by atoms with Crippen molar-refractivity contribution in [2.75, 3.05) is 20.1 Å². The van der Waals surface area contributed by atoms with Gasteiger partial charge in [0.2, 0.25) is 5.91 Å². The second-order valence-corrected chi connectivity index (χ2v) is 4.44. The number of likely N-dealkylation sites (N-methyl/N-ethyl adjacent to an activating group) is 1. The second-order valence-electron chi connectivity index (χ2n) is 4.44. The number of nitrogens with one attached hydrogen (secondary N) is 1. The molecule has 0 saturated heterocycles. The summed E-state index contributed by atoms with van der Waals surface area (Å²) in [5, 5.41) is 12.4. The van der Waals surface area contributed by atoms with Crippen molar-refractivity contribution in [2.45, 2.75) is 38.8 Å². The summed E-state index contributed by atoms with van der Waals surface area (Å²) in [6.45, 7) is 8.29. The van der Waals surface area contributed by atoms with Crippen molar-refractivity contribution in [2.24, 2.45) is 0 Å². The maximum absolute atomic E-state index is 11.4. The molecule has 0 fully saturated rings. The van der Waals surface area contributed by atoms with E-state index in [4.69, 9.17) is 0 Å². The molecule has 16 heavy (non-hydrogen) atoms. The summed E-state index contributed by atoms with van der Waals surface area (Å²) in [4.78, 5) is 13.2. The monoisotopic (exact) mass is 228 g/mol. The first kappa shape index (κ1) is 15.1. The van der Waals surface area contributed by atoms with Crippen molar-refractivity contribution in [3.63, 3.8) is 0 Å². The molecular formula is C12H24N2O2. The van der Waals surface area contributed by atoms with E-state index in [9.17, 15) is 9.90 Å². The molecule has 2 N–H and O–H groups in total. The predicted molar refractivity (Wildman–Crippen MR) is 66.2 cm³/mol. The van der Waals surface area contributed by atoms with Gasteiger partial charge >= 0.3 is 0 Å².